The van der Waals surface area contributed by atoms with Crippen molar-refractivity contribution < 1.29 is 19.0 Å². The highest BCUT2D eigenvalue weighted by molar-refractivity contribution is 7.16. The van der Waals surface area contributed by atoms with E-state index in [-0.39, 0.29) is 18.6 Å². The molecule has 0 spiro atoms. The molecule has 27 heavy (non-hydrogen) atoms. The maximum absolute atomic E-state index is 12.1. The minimum atomic E-state index is -0.410. The number of rotatable bonds is 5. The molecule has 9 heteroatoms. The van der Waals surface area contributed by atoms with Crippen LogP contribution in [0, 0.1) is 0 Å². The van der Waals surface area contributed by atoms with Gasteiger partial charge in [-0.15, -0.1) is 0 Å². The van der Waals surface area contributed by atoms with Gasteiger partial charge in [-0.2, -0.15) is 9.61 Å². The van der Waals surface area contributed by atoms with Crippen LogP contribution in [0.25, 0.3) is 4.96 Å². The highest BCUT2D eigenvalue weighted by Crippen LogP contribution is 2.30. The number of esters is 1. The predicted molar refractivity (Wildman–Crippen MR) is 97.4 cm³/mol. The Labute approximate surface area is 158 Å². The smallest absolute Gasteiger partial charge is 0.310 e. The van der Waals surface area contributed by atoms with Crippen LogP contribution >= 0.6 is 11.3 Å². The monoisotopic (exact) mass is 387 g/mol. The zero-order chi connectivity index (χ0) is 18.8. The molecule has 0 aliphatic carbocycles. The maximum atomic E-state index is 12.1. The summed E-state index contributed by atoms with van der Waals surface area (Å²) in [5.41, 5.74) is 0.887. The lowest BCUT2D eigenvalue weighted by atomic mass is 10.1. The Bertz CT molecular complexity index is 1060. The quantitative estimate of drug-likeness (QED) is 0.616. The Morgan fingerprint density at radius 2 is 2.07 bits per heavy atom. The number of carbonyl (C=O) groups is 1. The van der Waals surface area contributed by atoms with E-state index in [0.717, 1.165) is 17.0 Å². The lowest BCUT2D eigenvalue weighted by Gasteiger charge is -2.18. The van der Waals surface area contributed by atoms with E-state index < -0.39 is 5.97 Å². The van der Waals surface area contributed by atoms with Crippen molar-refractivity contribution in [2.45, 2.75) is 26.4 Å². The van der Waals surface area contributed by atoms with Crippen LogP contribution in [0.3, 0.4) is 0 Å². The van der Waals surface area contributed by atoms with Crippen LogP contribution in [0.5, 0.6) is 11.5 Å². The average molecular weight is 387 g/mol. The van der Waals surface area contributed by atoms with E-state index >= 15 is 0 Å². The molecule has 4 rings (SSSR count). The van der Waals surface area contributed by atoms with Gasteiger partial charge in [0.15, 0.2) is 11.5 Å². The third-order valence-corrected chi connectivity index (χ3v) is 5.03. The van der Waals surface area contributed by atoms with E-state index in [4.69, 9.17) is 14.2 Å². The molecule has 0 fully saturated rings. The van der Waals surface area contributed by atoms with Gasteiger partial charge in [-0.25, -0.2) is 4.98 Å². The lowest BCUT2D eigenvalue weighted by Crippen LogP contribution is -2.17. The Hall–Kier alpha value is -2.94. The van der Waals surface area contributed by atoms with E-state index in [0.29, 0.717) is 35.4 Å². The maximum Gasteiger partial charge on any atom is 0.310 e. The summed E-state index contributed by atoms with van der Waals surface area (Å²) in [5, 5.41) is 5.01. The first-order chi connectivity index (χ1) is 13.1. The Kier molecular flexibility index (Phi) is 4.76. The van der Waals surface area contributed by atoms with Gasteiger partial charge in [-0.1, -0.05) is 24.3 Å². The molecule has 3 heterocycles. The molecule has 0 saturated carbocycles. The van der Waals surface area contributed by atoms with Gasteiger partial charge in [-0.3, -0.25) is 9.59 Å². The van der Waals surface area contributed by atoms with E-state index in [2.05, 4.69) is 10.1 Å². The number of fused-ring (bicyclic) bond motifs is 2. The Morgan fingerprint density at radius 1 is 1.26 bits per heavy atom. The van der Waals surface area contributed by atoms with Crippen molar-refractivity contribution in [3.8, 4) is 11.5 Å². The fraction of sp³-hybridized carbons (Fsp3) is 0.333. The predicted octanol–water partition coefficient (Wildman–Crippen LogP) is 1.77. The van der Waals surface area contributed by atoms with Crippen molar-refractivity contribution in [1.29, 1.82) is 0 Å². The minimum Gasteiger partial charge on any atom is -0.486 e. The second-order valence-electron chi connectivity index (χ2n) is 5.94. The number of hydrogen-bond acceptors (Lipinski definition) is 8. The molecule has 140 valence electrons. The van der Waals surface area contributed by atoms with Crippen molar-refractivity contribution in [2.75, 3.05) is 13.2 Å². The molecule has 1 aliphatic heterocycles. The largest absolute Gasteiger partial charge is 0.486 e. The Balaban J connectivity index is 1.42. The molecule has 0 unspecified atom stereocenters. The highest BCUT2D eigenvalue weighted by Gasteiger charge is 2.14. The fourth-order valence-electron chi connectivity index (χ4n) is 2.68. The van der Waals surface area contributed by atoms with Gasteiger partial charge >= 0.3 is 5.97 Å². The molecular formula is C18H17N3O5S. The SMILES string of the molecule is CCc1nn2c(=O)cc(COC(=O)Cc3ccc4c(c3)OCCO4)nc2s1. The Morgan fingerprint density at radius 3 is 2.89 bits per heavy atom. The van der Waals surface area contributed by atoms with E-state index in [9.17, 15) is 9.59 Å². The summed E-state index contributed by atoms with van der Waals surface area (Å²) in [5.74, 6) is 0.892. The molecule has 0 radical (unpaired) electrons. The molecule has 0 amide bonds. The number of ether oxygens (including phenoxy) is 3. The summed E-state index contributed by atoms with van der Waals surface area (Å²) in [4.78, 5) is 29.1. The van der Waals surface area contributed by atoms with E-state index in [1.54, 1.807) is 18.2 Å². The highest BCUT2D eigenvalue weighted by atomic mass is 32.1. The molecular weight excluding hydrogens is 370 g/mol. The van der Waals surface area contributed by atoms with Crippen LogP contribution in [0.2, 0.25) is 0 Å². The molecule has 0 atom stereocenters. The second-order valence-corrected chi connectivity index (χ2v) is 6.99. The van der Waals surface area contributed by atoms with Gasteiger partial charge in [0, 0.05) is 6.07 Å². The van der Waals surface area contributed by atoms with Crippen LogP contribution in [-0.2, 0) is 29.0 Å². The number of hydrogen-bond donors (Lipinski definition) is 0. The number of aryl methyl sites for hydroxylation is 1. The zero-order valence-corrected chi connectivity index (χ0v) is 15.5. The summed E-state index contributed by atoms with van der Waals surface area (Å²) < 4.78 is 17.5. The standard InChI is InChI=1S/C18H17N3O5S/c1-2-15-20-21-16(22)9-12(19-18(21)27-15)10-26-17(23)8-11-3-4-13-14(7-11)25-6-5-24-13/h3-4,7,9H,2,5-6,8,10H2,1H3. The molecule has 2 aromatic heterocycles. The normalized spacial score (nSPS) is 12.9. The fourth-order valence-corrected chi connectivity index (χ4v) is 3.54. The van der Waals surface area contributed by atoms with Crippen LogP contribution in [-0.4, -0.2) is 33.8 Å². The van der Waals surface area contributed by atoms with Gasteiger partial charge in [0.1, 0.15) is 24.8 Å². The summed E-state index contributed by atoms with van der Waals surface area (Å²) >= 11 is 1.35. The van der Waals surface area contributed by atoms with Crippen molar-refractivity contribution >= 4 is 22.3 Å². The third kappa shape index (κ3) is 3.77. The van der Waals surface area contributed by atoms with Gasteiger partial charge in [0.25, 0.3) is 5.56 Å². The van der Waals surface area contributed by atoms with Crippen LogP contribution in [0.1, 0.15) is 23.2 Å². The van der Waals surface area contributed by atoms with Crippen molar-refractivity contribution in [2.24, 2.45) is 0 Å². The van der Waals surface area contributed by atoms with Gasteiger partial charge in [0.05, 0.1) is 12.1 Å². The minimum absolute atomic E-state index is 0.0610. The van der Waals surface area contributed by atoms with Crippen LogP contribution in [0.4, 0.5) is 0 Å². The summed E-state index contributed by atoms with van der Waals surface area (Å²) in [6, 6.07) is 6.69. The van der Waals surface area contributed by atoms with E-state index in [1.807, 2.05) is 6.92 Å². The lowest BCUT2D eigenvalue weighted by molar-refractivity contribution is -0.144. The topological polar surface area (TPSA) is 92.0 Å². The first-order valence-electron chi connectivity index (χ1n) is 8.55. The molecule has 1 aliphatic rings. The number of nitrogens with zero attached hydrogens (tertiary/aromatic N) is 3. The molecule has 0 N–H and O–H groups in total. The zero-order valence-electron chi connectivity index (χ0n) is 14.6. The van der Waals surface area contributed by atoms with Crippen molar-refractivity contribution in [3.05, 3.63) is 50.9 Å². The van der Waals surface area contributed by atoms with Crippen molar-refractivity contribution in [3.63, 3.8) is 0 Å². The second kappa shape index (κ2) is 7.36. The number of aromatic nitrogens is 3. The van der Waals surface area contributed by atoms with Crippen LogP contribution < -0.4 is 15.0 Å². The number of carbonyl (C=O) groups excluding carboxylic acids is 1. The van der Waals surface area contributed by atoms with Gasteiger partial charge < -0.3 is 14.2 Å². The molecule has 1 aromatic carbocycles. The first kappa shape index (κ1) is 17.5. The molecule has 8 nitrogen and oxygen atoms in total. The summed E-state index contributed by atoms with van der Waals surface area (Å²) in [6.07, 6.45) is 0.825. The molecule has 0 bridgehead atoms. The van der Waals surface area contributed by atoms with Crippen molar-refractivity contribution in [1.82, 2.24) is 14.6 Å². The van der Waals surface area contributed by atoms with Gasteiger partial charge in [-0.05, 0) is 24.1 Å². The molecule has 3 aromatic rings. The molecule has 0 saturated heterocycles. The number of benzene rings is 1. The third-order valence-electron chi connectivity index (χ3n) is 3.98. The van der Waals surface area contributed by atoms with E-state index in [1.165, 1.54) is 21.9 Å². The summed E-state index contributed by atoms with van der Waals surface area (Å²) in [6.45, 7) is 2.91. The first-order valence-corrected chi connectivity index (χ1v) is 9.37. The van der Waals surface area contributed by atoms with Gasteiger partial charge in [0.2, 0.25) is 4.96 Å². The average Bonchev–Trinajstić information content (AvgIpc) is 3.10. The summed E-state index contributed by atoms with van der Waals surface area (Å²) in [7, 11) is 0. The van der Waals surface area contributed by atoms with Crippen LogP contribution in [0.15, 0.2) is 29.1 Å².